The van der Waals surface area contributed by atoms with Crippen LogP contribution in [0.15, 0.2) is 24.3 Å². The molecule has 1 aromatic rings. The van der Waals surface area contributed by atoms with Crippen molar-refractivity contribution in [2.45, 2.75) is 25.3 Å². The molecule has 112 valence electrons. The number of likely N-dealkylation sites (N-methyl/N-ethyl adjacent to an activating group) is 1. The molecule has 0 bridgehead atoms. The summed E-state index contributed by atoms with van der Waals surface area (Å²) in [7, 11) is -1.28. The lowest BCUT2D eigenvalue weighted by Gasteiger charge is -2.37. The molecular formula is C14H22N2O3S. The fourth-order valence-electron chi connectivity index (χ4n) is 2.57. The van der Waals surface area contributed by atoms with Gasteiger partial charge in [-0.15, -0.1) is 0 Å². The second-order valence-electron chi connectivity index (χ2n) is 5.45. The zero-order valence-electron chi connectivity index (χ0n) is 12.0. The predicted octanol–water partition coefficient (Wildman–Crippen LogP) is 0.645. The molecule has 1 heterocycles. The fraction of sp³-hybridized carbons (Fsp3) is 0.571. The van der Waals surface area contributed by atoms with Gasteiger partial charge in [0.2, 0.25) is 10.0 Å². The molecule has 0 amide bonds. The molecular weight excluding hydrogens is 276 g/mol. The molecule has 5 nitrogen and oxygen atoms in total. The normalized spacial score (nSPS) is 22.1. The van der Waals surface area contributed by atoms with Gasteiger partial charge in [-0.05, 0) is 25.1 Å². The molecule has 1 aliphatic rings. The summed E-state index contributed by atoms with van der Waals surface area (Å²) in [5.74, 6) is 0.0206. The first-order chi connectivity index (χ1) is 9.42. The Morgan fingerprint density at radius 3 is 2.35 bits per heavy atom. The van der Waals surface area contributed by atoms with E-state index in [0.717, 1.165) is 24.2 Å². The van der Waals surface area contributed by atoms with Crippen LogP contribution in [0.1, 0.15) is 18.1 Å². The van der Waals surface area contributed by atoms with Gasteiger partial charge in [0, 0.05) is 25.7 Å². The minimum Gasteiger partial charge on any atom is -0.392 e. The van der Waals surface area contributed by atoms with Crippen LogP contribution in [0.25, 0.3) is 0 Å². The first-order valence-electron chi connectivity index (χ1n) is 6.79. The van der Waals surface area contributed by atoms with Gasteiger partial charge >= 0.3 is 0 Å². The topological polar surface area (TPSA) is 60.9 Å². The Labute approximate surface area is 120 Å². The van der Waals surface area contributed by atoms with Crippen LogP contribution in [0, 0.1) is 0 Å². The highest BCUT2D eigenvalue weighted by Gasteiger charge is 2.31. The zero-order chi connectivity index (χ0) is 14.8. The summed E-state index contributed by atoms with van der Waals surface area (Å²) < 4.78 is 26.6. The summed E-state index contributed by atoms with van der Waals surface area (Å²) in [5.41, 5.74) is 1.55. The molecule has 1 saturated heterocycles. The van der Waals surface area contributed by atoms with Crippen LogP contribution in [0.5, 0.6) is 0 Å². The summed E-state index contributed by atoms with van der Waals surface area (Å²) in [6.45, 7) is 4.01. The predicted molar refractivity (Wildman–Crippen MR) is 78.7 cm³/mol. The lowest BCUT2D eigenvalue weighted by Crippen LogP contribution is -2.52. The van der Waals surface area contributed by atoms with Crippen molar-refractivity contribution in [3.05, 3.63) is 35.4 Å². The molecule has 20 heavy (non-hydrogen) atoms. The number of aliphatic hydroxyl groups is 1. The van der Waals surface area contributed by atoms with Gasteiger partial charge in [-0.2, -0.15) is 4.31 Å². The van der Waals surface area contributed by atoms with Crippen molar-refractivity contribution in [2.75, 3.05) is 26.7 Å². The van der Waals surface area contributed by atoms with Crippen molar-refractivity contribution in [3.63, 3.8) is 0 Å². The quantitative estimate of drug-likeness (QED) is 0.886. The van der Waals surface area contributed by atoms with E-state index in [1.807, 2.05) is 14.0 Å². The van der Waals surface area contributed by atoms with E-state index >= 15 is 0 Å². The van der Waals surface area contributed by atoms with Gasteiger partial charge in [-0.25, -0.2) is 8.42 Å². The third kappa shape index (κ3) is 3.58. The third-order valence-electron chi connectivity index (χ3n) is 3.68. The Morgan fingerprint density at radius 1 is 1.20 bits per heavy atom. The Morgan fingerprint density at radius 2 is 1.80 bits per heavy atom. The number of nitrogens with zero attached hydrogens (tertiary/aromatic N) is 2. The minimum absolute atomic E-state index is 0.00969. The van der Waals surface area contributed by atoms with Crippen molar-refractivity contribution in [3.8, 4) is 0 Å². The number of sulfonamides is 1. The Bertz CT molecular complexity index is 542. The van der Waals surface area contributed by atoms with E-state index in [9.17, 15) is 8.42 Å². The van der Waals surface area contributed by atoms with Gasteiger partial charge < -0.3 is 10.0 Å². The van der Waals surface area contributed by atoms with Gasteiger partial charge in [-0.1, -0.05) is 24.3 Å². The van der Waals surface area contributed by atoms with Crippen LogP contribution < -0.4 is 0 Å². The average molecular weight is 298 g/mol. The van der Waals surface area contributed by atoms with Crippen molar-refractivity contribution >= 4 is 10.0 Å². The van der Waals surface area contributed by atoms with Gasteiger partial charge in [-0.3, -0.25) is 0 Å². The highest BCUT2D eigenvalue weighted by molar-refractivity contribution is 7.88. The van der Waals surface area contributed by atoms with Crippen LogP contribution >= 0.6 is 0 Å². The van der Waals surface area contributed by atoms with E-state index in [-0.39, 0.29) is 18.4 Å². The van der Waals surface area contributed by atoms with E-state index < -0.39 is 10.0 Å². The monoisotopic (exact) mass is 298 g/mol. The number of aliphatic hydroxyl groups excluding tert-OH is 1. The standard InChI is InChI=1S/C14H22N2O3S/c1-12-9-15(2)7-8-16(12)20(18,19)11-14-5-3-13(10-17)4-6-14/h3-6,12,17H,7-11H2,1-2H3. The number of piperazine rings is 1. The van der Waals surface area contributed by atoms with E-state index in [1.165, 1.54) is 0 Å². The summed E-state index contributed by atoms with van der Waals surface area (Å²) in [6, 6.07) is 7.07. The zero-order valence-corrected chi connectivity index (χ0v) is 12.8. The Balaban J connectivity index is 2.10. The van der Waals surface area contributed by atoms with Gasteiger partial charge in [0.15, 0.2) is 0 Å². The molecule has 2 rings (SSSR count). The maximum absolute atomic E-state index is 12.5. The summed E-state index contributed by atoms with van der Waals surface area (Å²) >= 11 is 0. The lowest BCUT2D eigenvalue weighted by atomic mass is 10.2. The number of hydrogen-bond acceptors (Lipinski definition) is 4. The molecule has 6 heteroatoms. The molecule has 0 aliphatic carbocycles. The maximum Gasteiger partial charge on any atom is 0.218 e. The van der Waals surface area contributed by atoms with Crippen LogP contribution in [0.3, 0.4) is 0 Å². The number of benzene rings is 1. The van der Waals surface area contributed by atoms with Crippen LogP contribution in [-0.4, -0.2) is 55.5 Å². The number of hydrogen-bond donors (Lipinski definition) is 1. The molecule has 1 N–H and O–H groups in total. The van der Waals surface area contributed by atoms with E-state index in [0.29, 0.717) is 6.54 Å². The van der Waals surface area contributed by atoms with Crippen molar-refractivity contribution in [1.29, 1.82) is 0 Å². The summed E-state index contributed by atoms with van der Waals surface area (Å²) in [6.07, 6.45) is 0. The maximum atomic E-state index is 12.5. The van der Waals surface area contributed by atoms with Gasteiger partial charge in [0.25, 0.3) is 0 Å². The SMILES string of the molecule is CC1CN(C)CCN1S(=O)(=O)Cc1ccc(CO)cc1. The van der Waals surface area contributed by atoms with Gasteiger partial charge in [0.1, 0.15) is 0 Å². The van der Waals surface area contributed by atoms with Crippen LogP contribution in [0.4, 0.5) is 0 Å². The molecule has 0 saturated carbocycles. The molecule has 1 unspecified atom stereocenters. The number of rotatable bonds is 4. The molecule has 0 spiro atoms. The molecule has 1 atom stereocenters. The molecule has 1 fully saturated rings. The van der Waals surface area contributed by atoms with Crippen molar-refractivity contribution < 1.29 is 13.5 Å². The summed E-state index contributed by atoms with van der Waals surface area (Å²) in [4.78, 5) is 2.15. The second-order valence-corrected chi connectivity index (χ2v) is 7.37. The van der Waals surface area contributed by atoms with Crippen LogP contribution in [0.2, 0.25) is 0 Å². The summed E-state index contributed by atoms with van der Waals surface area (Å²) in [5, 5.41) is 8.99. The first-order valence-corrected chi connectivity index (χ1v) is 8.40. The highest BCUT2D eigenvalue weighted by Crippen LogP contribution is 2.17. The van der Waals surface area contributed by atoms with E-state index in [1.54, 1.807) is 28.6 Å². The smallest absolute Gasteiger partial charge is 0.218 e. The minimum atomic E-state index is -3.28. The third-order valence-corrected chi connectivity index (χ3v) is 5.64. The second kappa shape index (κ2) is 6.22. The molecule has 0 aromatic heterocycles. The highest BCUT2D eigenvalue weighted by atomic mass is 32.2. The molecule has 1 aromatic carbocycles. The first kappa shape index (κ1) is 15.4. The van der Waals surface area contributed by atoms with E-state index in [4.69, 9.17) is 5.11 Å². The van der Waals surface area contributed by atoms with Gasteiger partial charge in [0.05, 0.1) is 12.4 Å². The van der Waals surface area contributed by atoms with E-state index in [2.05, 4.69) is 4.90 Å². The Hall–Kier alpha value is -0.950. The fourth-order valence-corrected chi connectivity index (χ4v) is 4.33. The molecule has 1 aliphatic heterocycles. The lowest BCUT2D eigenvalue weighted by molar-refractivity contribution is 0.170. The molecule has 0 radical (unpaired) electrons. The average Bonchev–Trinajstić information content (AvgIpc) is 2.38. The largest absolute Gasteiger partial charge is 0.392 e. The van der Waals surface area contributed by atoms with Crippen LogP contribution in [-0.2, 0) is 22.4 Å². The van der Waals surface area contributed by atoms with Crippen molar-refractivity contribution in [2.24, 2.45) is 0 Å². The Kier molecular flexibility index (Phi) is 4.80. The van der Waals surface area contributed by atoms with Crippen molar-refractivity contribution in [1.82, 2.24) is 9.21 Å².